The van der Waals surface area contributed by atoms with Gasteiger partial charge in [0.15, 0.2) is 0 Å². The molecule has 0 saturated carbocycles. The highest BCUT2D eigenvalue weighted by molar-refractivity contribution is 7.13. The van der Waals surface area contributed by atoms with Gasteiger partial charge in [-0.25, -0.2) is 4.79 Å². The maximum Gasteiger partial charge on any atom is 0.345 e. The average Bonchev–Trinajstić information content (AvgIpc) is 2.75. The molecule has 1 rings (SSSR count). The number of thiophene rings is 1. The van der Waals surface area contributed by atoms with Gasteiger partial charge in [-0.15, -0.1) is 11.3 Å². The maximum absolute atomic E-state index is 11.3. The van der Waals surface area contributed by atoms with Crippen molar-refractivity contribution in [3.05, 3.63) is 21.9 Å². The molecule has 17 heavy (non-hydrogen) atoms. The van der Waals surface area contributed by atoms with Crippen LogP contribution in [0.15, 0.2) is 12.1 Å². The molecule has 0 aliphatic heterocycles. The largest absolute Gasteiger partial charge is 0.477 e. The van der Waals surface area contributed by atoms with E-state index in [0.29, 0.717) is 26.2 Å². The number of carbonyl (C=O) groups is 2. The van der Waals surface area contributed by atoms with Crippen molar-refractivity contribution in [3.8, 4) is 0 Å². The molecule has 1 heterocycles. The molecule has 0 saturated heterocycles. The zero-order valence-electron chi connectivity index (χ0n) is 9.56. The van der Waals surface area contributed by atoms with Crippen LogP contribution in [0.1, 0.15) is 27.9 Å². The quantitative estimate of drug-likeness (QED) is 0.726. The third-order valence-electron chi connectivity index (χ3n) is 2.01. The molecule has 6 heteroatoms. The molecule has 0 aliphatic rings. The number of carbonyl (C=O) groups excluding carboxylic acids is 1. The molecule has 1 aromatic rings. The van der Waals surface area contributed by atoms with Crippen LogP contribution < -0.4 is 5.32 Å². The minimum absolute atomic E-state index is 0.0938. The summed E-state index contributed by atoms with van der Waals surface area (Å²) in [5, 5.41) is 11.4. The Hall–Kier alpha value is -1.40. The molecule has 0 fully saturated rings. The Morgan fingerprint density at radius 1 is 1.47 bits per heavy atom. The summed E-state index contributed by atoms with van der Waals surface area (Å²) in [6, 6.07) is 3.24. The van der Waals surface area contributed by atoms with Gasteiger partial charge in [-0.05, 0) is 19.1 Å². The third-order valence-corrected chi connectivity index (χ3v) is 3.08. The van der Waals surface area contributed by atoms with E-state index in [2.05, 4.69) is 5.32 Å². The number of carboxylic acids is 1. The summed E-state index contributed by atoms with van der Waals surface area (Å²) < 4.78 is 5.06. The smallest absolute Gasteiger partial charge is 0.345 e. The Morgan fingerprint density at radius 3 is 2.82 bits per heavy atom. The molecule has 0 aliphatic carbocycles. The molecule has 5 nitrogen and oxygen atoms in total. The fourth-order valence-electron chi connectivity index (χ4n) is 1.17. The van der Waals surface area contributed by atoms with E-state index in [1.807, 2.05) is 6.92 Å². The standard InChI is InChI=1S/C11H15NO4S/c1-2-16-6-5-10(13)12-7-8-3-4-9(17-8)11(14)15/h3-4H,2,5-7H2,1H3,(H,12,13)(H,14,15). The highest BCUT2D eigenvalue weighted by atomic mass is 32.1. The van der Waals surface area contributed by atoms with E-state index in [1.54, 1.807) is 6.07 Å². The number of hydrogen-bond acceptors (Lipinski definition) is 4. The van der Waals surface area contributed by atoms with Crippen LogP contribution in [-0.2, 0) is 16.1 Å². The minimum atomic E-state index is -0.941. The van der Waals surface area contributed by atoms with Crippen molar-refractivity contribution in [2.24, 2.45) is 0 Å². The van der Waals surface area contributed by atoms with Crippen LogP contribution in [0.3, 0.4) is 0 Å². The highest BCUT2D eigenvalue weighted by Gasteiger charge is 2.07. The van der Waals surface area contributed by atoms with E-state index in [0.717, 1.165) is 4.88 Å². The molecule has 1 aromatic heterocycles. The lowest BCUT2D eigenvalue weighted by Gasteiger charge is -2.03. The first-order valence-corrected chi connectivity index (χ1v) is 6.11. The van der Waals surface area contributed by atoms with Gasteiger partial charge in [0, 0.05) is 17.9 Å². The van der Waals surface area contributed by atoms with E-state index >= 15 is 0 Å². The lowest BCUT2D eigenvalue weighted by Crippen LogP contribution is -2.23. The van der Waals surface area contributed by atoms with Crippen molar-refractivity contribution in [1.29, 1.82) is 0 Å². The average molecular weight is 257 g/mol. The van der Waals surface area contributed by atoms with E-state index in [9.17, 15) is 9.59 Å². The number of aromatic carboxylic acids is 1. The molecular formula is C11H15NO4S. The van der Waals surface area contributed by atoms with Crippen molar-refractivity contribution >= 4 is 23.2 Å². The van der Waals surface area contributed by atoms with Crippen molar-refractivity contribution in [2.75, 3.05) is 13.2 Å². The van der Waals surface area contributed by atoms with Gasteiger partial charge in [0.1, 0.15) is 4.88 Å². The van der Waals surface area contributed by atoms with Gasteiger partial charge < -0.3 is 15.2 Å². The summed E-state index contributed by atoms with van der Waals surface area (Å²) in [4.78, 5) is 23.1. The van der Waals surface area contributed by atoms with Gasteiger partial charge in [0.05, 0.1) is 13.2 Å². The summed E-state index contributed by atoms with van der Waals surface area (Å²) in [7, 11) is 0. The lowest BCUT2D eigenvalue weighted by molar-refractivity contribution is -0.122. The lowest BCUT2D eigenvalue weighted by atomic mass is 10.4. The Balaban J connectivity index is 2.29. The number of amides is 1. The van der Waals surface area contributed by atoms with Crippen LogP contribution in [0.25, 0.3) is 0 Å². The second-order valence-corrected chi connectivity index (χ2v) is 4.46. The fraction of sp³-hybridized carbons (Fsp3) is 0.455. The van der Waals surface area contributed by atoms with Crippen molar-refractivity contribution in [2.45, 2.75) is 19.9 Å². The van der Waals surface area contributed by atoms with Crippen LogP contribution in [0.2, 0.25) is 0 Å². The molecule has 1 amide bonds. The summed E-state index contributed by atoms with van der Waals surface area (Å²) >= 11 is 1.17. The second-order valence-electron chi connectivity index (χ2n) is 3.29. The first-order chi connectivity index (χ1) is 8.13. The zero-order valence-corrected chi connectivity index (χ0v) is 10.4. The summed E-state index contributed by atoms with van der Waals surface area (Å²) in [5.74, 6) is -1.03. The van der Waals surface area contributed by atoms with Crippen LogP contribution in [0.5, 0.6) is 0 Å². The van der Waals surface area contributed by atoms with Crippen LogP contribution in [0, 0.1) is 0 Å². The number of carboxylic acid groups (broad SMARTS) is 1. The molecule has 0 aromatic carbocycles. The maximum atomic E-state index is 11.3. The number of rotatable bonds is 7. The highest BCUT2D eigenvalue weighted by Crippen LogP contribution is 2.15. The fourth-order valence-corrected chi connectivity index (χ4v) is 1.96. The molecule has 0 bridgehead atoms. The van der Waals surface area contributed by atoms with Crippen LogP contribution in [-0.4, -0.2) is 30.2 Å². The zero-order chi connectivity index (χ0) is 12.7. The van der Waals surface area contributed by atoms with Crippen molar-refractivity contribution in [3.63, 3.8) is 0 Å². The molecule has 2 N–H and O–H groups in total. The Bertz CT molecular complexity index is 389. The van der Waals surface area contributed by atoms with Gasteiger partial charge in [0.2, 0.25) is 5.91 Å². The Labute approximate surface area is 103 Å². The number of nitrogens with one attached hydrogen (secondary N) is 1. The Morgan fingerprint density at radius 2 is 2.24 bits per heavy atom. The topological polar surface area (TPSA) is 75.6 Å². The first-order valence-electron chi connectivity index (χ1n) is 5.30. The third kappa shape index (κ3) is 4.97. The molecule has 0 atom stereocenters. The van der Waals surface area contributed by atoms with Crippen molar-refractivity contribution < 1.29 is 19.4 Å². The molecule has 94 valence electrons. The van der Waals surface area contributed by atoms with E-state index in [-0.39, 0.29) is 10.8 Å². The molecule has 0 unspecified atom stereocenters. The van der Waals surface area contributed by atoms with E-state index in [1.165, 1.54) is 17.4 Å². The van der Waals surface area contributed by atoms with Gasteiger partial charge in [0.25, 0.3) is 0 Å². The molecule has 0 radical (unpaired) electrons. The predicted molar refractivity (Wildman–Crippen MR) is 64.2 cm³/mol. The Kier molecular flexibility index (Phi) is 5.65. The SMILES string of the molecule is CCOCCC(=O)NCc1ccc(C(=O)O)s1. The van der Waals surface area contributed by atoms with Crippen LogP contribution >= 0.6 is 11.3 Å². The van der Waals surface area contributed by atoms with E-state index in [4.69, 9.17) is 9.84 Å². The minimum Gasteiger partial charge on any atom is -0.477 e. The van der Waals surface area contributed by atoms with E-state index < -0.39 is 5.97 Å². The van der Waals surface area contributed by atoms with Gasteiger partial charge in [-0.1, -0.05) is 0 Å². The number of hydrogen-bond donors (Lipinski definition) is 2. The summed E-state index contributed by atoms with van der Waals surface area (Å²) in [5.41, 5.74) is 0. The monoisotopic (exact) mass is 257 g/mol. The molecular weight excluding hydrogens is 242 g/mol. The summed E-state index contributed by atoms with van der Waals surface area (Å²) in [6.07, 6.45) is 0.324. The molecule has 0 spiro atoms. The van der Waals surface area contributed by atoms with Gasteiger partial charge >= 0.3 is 5.97 Å². The first kappa shape index (κ1) is 13.7. The van der Waals surface area contributed by atoms with Crippen molar-refractivity contribution in [1.82, 2.24) is 5.32 Å². The van der Waals surface area contributed by atoms with Crippen LogP contribution in [0.4, 0.5) is 0 Å². The normalized spacial score (nSPS) is 10.2. The second kappa shape index (κ2) is 7.03. The number of ether oxygens (including phenoxy) is 1. The van der Waals surface area contributed by atoms with Gasteiger partial charge in [-0.2, -0.15) is 0 Å². The van der Waals surface area contributed by atoms with Gasteiger partial charge in [-0.3, -0.25) is 4.79 Å². The predicted octanol–water partition coefficient (Wildman–Crippen LogP) is 1.49. The summed E-state index contributed by atoms with van der Waals surface area (Å²) in [6.45, 7) is 3.24.